The van der Waals surface area contributed by atoms with Crippen LogP contribution in [0.25, 0.3) is 11.0 Å². The third-order valence-corrected chi connectivity index (χ3v) is 2.24. The van der Waals surface area contributed by atoms with Gasteiger partial charge in [0, 0.05) is 25.5 Å². The topological polar surface area (TPSA) is 59.8 Å². The second-order valence-electron chi connectivity index (χ2n) is 3.84. The number of halogens is 1. The first-order chi connectivity index (χ1) is 8.47. The van der Waals surface area contributed by atoms with Crippen LogP contribution in [0.15, 0.2) is 33.5 Å². The normalized spacial score (nSPS) is 10.4. The molecule has 0 radical (unpaired) electrons. The lowest BCUT2D eigenvalue weighted by molar-refractivity contribution is 0.172. The molecule has 0 aliphatic carbocycles. The van der Waals surface area contributed by atoms with Crippen LogP contribution in [0, 0.1) is 5.82 Å². The van der Waals surface area contributed by atoms with Crippen molar-refractivity contribution < 1.29 is 18.3 Å². The van der Waals surface area contributed by atoms with Gasteiger partial charge in [-0.05, 0) is 18.2 Å². The maximum atomic E-state index is 13.0. The van der Waals surface area contributed by atoms with E-state index in [-0.39, 0.29) is 11.3 Å². The van der Waals surface area contributed by atoms with Gasteiger partial charge in [-0.15, -0.1) is 0 Å². The van der Waals surface area contributed by atoms with Crippen LogP contribution in [0.1, 0.15) is 0 Å². The fraction of sp³-hybridized carbons (Fsp3) is 0.167. The van der Waals surface area contributed by atoms with Crippen molar-refractivity contribution >= 4 is 17.1 Å². The third kappa shape index (κ3) is 2.32. The molecule has 1 aromatic heterocycles. The lowest BCUT2D eigenvalue weighted by Gasteiger charge is -2.10. The summed E-state index contributed by atoms with van der Waals surface area (Å²) in [7, 11) is 3.08. The molecule has 0 bridgehead atoms. The van der Waals surface area contributed by atoms with Crippen molar-refractivity contribution in [3.63, 3.8) is 0 Å². The minimum absolute atomic E-state index is 0.158. The largest absolute Gasteiger partial charge is 0.420 e. The first kappa shape index (κ1) is 12.1. The Morgan fingerprint density at radius 1 is 1.33 bits per heavy atom. The molecule has 5 nitrogen and oxygen atoms in total. The molecule has 0 N–H and O–H groups in total. The summed E-state index contributed by atoms with van der Waals surface area (Å²) in [6.07, 6.45) is -0.557. The predicted octanol–water partition coefficient (Wildman–Crippen LogP) is 1.99. The lowest BCUT2D eigenvalue weighted by atomic mass is 10.2. The van der Waals surface area contributed by atoms with E-state index in [9.17, 15) is 14.0 Å². The lowest BCUT2D eigenvalue weighted by Crippen LogP contribution is -2.25. The van der Waals surface area contributed by atoms with Crippen molar-refractivity contribution in [1.29, 1.82) is 0 Å². The molecule has 0 aliphatic heterocycles. The average molecular weight is 251 g/mol. The predicted molar refractivity (Wildman–Crippen MR) is 62.2 cm³/mol. The van der Waals surface area contributed by atoms with Crippen LogP contribution in [0.3, 0.4) is 0 Å². The van der Waals surface area contributed by atoms with Crippen LogP contribution in [0.4, 0.5) is 9.18 Å². The number of hydrogen-bond donors (Lipinski definition) is 0. The molecule has 0 aliphatic rings. The number of nitrogens with zero attached hydrogens (tertiary/aromatic N) is 1. The molecule has 94 valence electrons. The summed E-state index contributed by atoms with van der Waals surface area (Å²) >= 11 is 0. The van der Waals surface area contributed by atoms with Crippen LogP contribution in [0.5, 0.6) is 5.75 Å². The van der Waals surface area contributed by atoms with E-state index in [1.807, 2.05) is 0 Å². The Morgan fingerprint density at radius 2 is 2.06 bits per heavy atom. The highest BCUT2D eigenvalue weighted by atomic mass is 19.1. The number of benzene rings is 1. The van der Waals surface area contributed by atoms with Crippen molar-refractivity contribution in [3.05, 3.63) is 40.5 Å². The number of ether oxygens (including phenoxy) is 1. The van der Waals surface area contributed by atoms with Gasteiger partial charge in [-0.1, -0.05) is 0 Å². The van der Waals surface area contributed by atoms with E-state index in [1.54, 1.807) is 14.1 Å². The zero-order valence-electron chi connectivity index (χ0n) is 9.77. The molecule has 0 saturated heterocycles. The maximum Gasteiger partial charge on any atom is 0.414 e. The highest BCUT2D eigenvalue weighted by Gasteiger charge is 2.09. The molecule has 18 heavy (non-hydrogen) atoms. The summed E-state index contributed by atoms with van der Waals surface area (Å²) in [6, 6.07) is 5.42. The number of amides is 1. The second kappa shape index (κ2) is 4.48. The van der Waals surface area contributed by atoms with E-state index in [2.05, 4.69) is 0 Å². The fourth-order valence-electron chi connectivity index (χ4n) is 1.32. The quantitative estimate of drug-likeness (QED) is 0.727. The molecule has 0 fully saturated rings. The van der Waals surface area contributed by atoms with Crippen LogP contribution in [-0.4, -0.2) is 25.1 Å². The van der Waals surface area contributed by atoms with Crippen LogP contribution >= 0.6 is 0 Å². The Bertz CT molecular complexity index is 663. The molecular weight excluding hydrogens is 241 g/mol. The molecule has 1 heterocycles. The van der Waals surface area contributed by atoms with Gasteiger partial charge in [0.25, 0.3) is 0 Å². The average Bonchev–Trinajstić information content (AvgIpc) is 2.31. The third-order valence-electron chi connectivity index (χ3n) is 2.24. The van der Waals surface area contributed by atoms with E-state index in [1.165, 1.54) is 23.1 Å². The molecule has 2 rings (SSSR count). The minimum atomic E-state index is -1.06. The summed E-state index contributed by atoms with van der Waals surface area (Å²) in [4.78, 5) is 23.6. The van der Waals surface area contributed by atoms with E-state index < -0.39 is 17.5 Å². The van der Waals surface area contributed by atoms with Gasteiger partial charge in [-0.2, -0.15) is 4.39 Å². The number of carbonyl (C=O) groups excluding carboxylic acids is 1. The van der Waals surface area contributed by atoms with Crippen molar-refractivity contribution in [2.45, 2.75) is 0 Å². The summed E-state index contributed by atoms with van der Waals surface area (Å²) in [6.45, 7) is 0. The van der Waals surface area contributed by atoms with E-state index >= 15 is 0 Å². The molecule has 6 heteroatoms. The van der Waals surface area contributed by atoms with Gasteiger partial charge in [-0.25, -0.2) is 9.59 Å². The first-order valence-corrected chi connectivity index (χ1v) is 5.10. The Labute approximate surface area is 101 Å². The van der Waals surface area contributed by atoms with Gasteiger partial charge in [0.1, 0.15) is 11.3 Å². The molecule has 0 spiro atoms. The van der Waals surface area contributed by atoms with Crippen molar-refractivity contribution in [2.24, 2.45) is 0 Å². The number of rotatable bonds is 1. The summed E-state index contributed by atoms with van der Waals surface area (Å²) < 4.78 is 22.7. The Kier molecular flexibility index (Phi) is 3.01. The summed E-state index contributed by atoms with van der Waals surface area (Å²) in [5.41, 5.74) is -0.899. The van der Waals surface area contributed by atoms with E-state index in [0.29, 0.717) is 5.39 Å². The second-order valence-corrected chi connectivity index (χ2v) is 3.84. The Hall–Kier alpha value is -2.37. The number of hydrogen-bond acceptors (Lipinski definition) is 4. The molecule has 0 unspecified atom stereocenters. The van der Waals surface area contributed by atoms with Gasteiger partial charge in [0.15, 0.2) is 0 Å². The summed E-state index contributed by atoms with van der Waals surface area (Å²) in [5, 5.41) is 0.414. The zero-order valence-corrected chi connectivity index (χ0v) is 9.77. The SMILES string of the molecule is CN(C)C(=O)Oc1ccc2cc(F)c(=O)oc2c1. The van der Waals surface area contributed by atoms with Crippen LogP contribution in [0.2, 0.25) is 0 Å². The number of carbonyl (C=O) groups is 1. The molecule has 2 aromatic rings. The van der Waals surface area contributed by atoms with Crippen molar-refractivity contribution in [2.75, 3.05) is 14.1 Å². The van der Waals surface area contributed by atoms with Gasteiger partial charge < -0.3 is 14.1 Å². The standard InChI is InChI=1S/C12H10FNO4/c1-14(2)12(16)17-8-4-3-7-5-9(13)11(15)18-10(7)6-8/h3-6H,1-2H3. The summed E-state index contributed by atoms with van der Waals surface area (Å²) in [5.74, 6) is -0.739. The number of fused-ring (bicyclic) bond motifs is 1. The highest BCUT2D eigenvalue weighted by molar-refractivity contribution is 5.79. The van der Waals surface area contributed by atoms with Crippen molar-refractivity contribution in [3.8, 4) is 5.75 Å². The molecular formula is C12H10FNO4. The van der Waals surface area contributed by atoms with Gasteiger partial charge >= 0.3 is 11.7 Å². The van der Waals surface area contributed by atoms with Crippen molar-refractivity contribution in [1.82, 2.24) is 4.90 Å². The molecule has 0 atom stereocenters. The molecule has 1 aromatic carbocycles. The first-order valence-electron chi connectivity index (χ1n) is 5.10. The van der Waals surface area contributed by atoms with Gasteiger partial charge in [0.05, 0.1) is 0 Å². The molecule has 0 saturated carbocycles. The van der Waals surface area contributed by atoms with Gasteiger partial charge in [0.2, 0.25) is 5.82 Å². The zero-order chi connectivity index (χ0) is 13.3. The van der Waals surface area contributed by atoms with Crippen LogP contribution in [-0.2, 0) is 0 Å². The molecule has 1 amide bonds. The van der Waals surface area contributed by atoms with Crippen LogP contribution < -0.4 is 10.4 Å². The fourth-order valence-corrected chi connectivity index (χ4v) is 1.32. The van der Waals surface area contributed by atoms with E-state index in [0.717, 1.165) is 6.07 Å². The maximum absolute atomic E-state index is 13.0. The highest BCUT2D eigenvalue weighted by Crippen LogP contribution is 2.20. The van der Waals surface area contributed by atoms with Gasteiger partial charge in [-0.3, -0.25) is 0 Å². The Balaban J connectivity index is 2.41. The van der Waals surface area contributed by atoms with E-state index in [4.69, 9.17) is 9.15 Å². The Morgan fingerprint density at radius 3 is 2.72 bits per heavy atom. The minimum Gasteiger partial charge on any atom is -0.420 e. The smallest absolute Gasteiger partial charge is 0.414 e. The monoisotopic (exact) mass is 251 g/mol.